The smallest absolute Gasteiger partial charge is 0.267 e. The molecule has 0 amide bonds. The van der Waals surface area contributed by atoms with Crippen molar-refractivity contribution in [1.82, 2.24) is 10.2 Å². The highest BCUT2D eigenvalue weighted by atomic mass is 16.5. The molecule has 0 atom stereocenters. The van der Waals surface area contributed by atoms with Gasteiger partial charge in [-0.25, -0.2) is 0 Å². The first-order valence-corrected chi connectivity index (χ1v) is 5.07. The molecule has 0 spiro atoms. The molecule has 0 saturated heterocycles. The minimum absolute atomic E-state index is 0.00634. The van der Waals surface area contributed by atoms with E-state index in [2.05, 4.69) is 17.1 Å². The van der Waals surface area contributed by atoms with Gasteiger partial charge >= 0.3 is 0 Å². The van der Waals surface area contributed by atoms with E-state index in [-0.39, 0.29) is 5.56 Å². The van der Waals surface area contributed by atoms with Gasteiger partial charge in [0.05, 0.1) is 12.3 Å². The van der Waals surface area contributed by atoms with E-state index < -0.39 is 0 Å². The number of methoxy groups -OCH3 is 1. The summed E-state index contributed by atoms with van der Waals surface area (Å²) >= 11 is 0. The fraction of sp³-hybridized carbons (Fsp3) is 0.700. The molecule has 0 fully saturated rings. The Morgan fingerprint density at radius 3 is 2.71 bits per heavy atom. The van der Waals surface area contributed by atoms with Gasteiger partial charge in [-0.1, -0.05) is 19.8 Å². The summed E-state index contributed by atoms with van der Waals surface area (Å²) in [6.45, 7) is 2.62. The zero-order valence-electron chi connectivity index (χ0n) is 8.85. The Morgan fingerprint density at radius 1 is 1.29 bits per heavy atom. The van der Waals surface area contributed by atoms with Crippen LogP contribution < -0.4 is 5.56 Å². The summed E-state index contributed by atoms with van der Waals surface area (Å²) in [6.07, 6.45) is 4.23. The van der Waals surface area contributed by atoms with Gasteiger partial charge in [-0.3, -0.25) is 15.0 Å². The van der Waals surface area contributed by atoms with Gasteiger partial charge in [-0.05, 0) is 12.8 Å². The third-order valence-corrected chi connectivity index (χ3v) is 2.28. The second kappa shape index (κ2) is 5.65. The SMILES string of the molecule is CCCCCc1c(COC)[nH][nH]c1=O. The largest absolute Gasteiger partial charge is 0.378 e. The average Bonchev–Trinajstić information content (AvgIpc) is 2.50. The van der Waals surface area contributed by atoms with Crippen molar-refractivity contribution in [3.63, 3.8) is 0 Å². The number of hydrogen-bond acceptors (Lipinski definition) is 2. The van der Waals surface area contributed by atoms with E-state index in [4.69, 9.17) is 4.74 Å². The molecule has 1 aromatic rings. The molecule has 1 heterocycles. The molecular weight excluding hydrogens is 180 g/mol. The van der Waals surface area contributed by atoms with E-state index in [0.717, 1.165) is 30.5 Å². The topological polar surface area (TPSA) is 57.9 Å². The molecule has 0 aliphatic heterocycles. The fourth-order valence-electron chi connectivity index (χ4n) is 1.50. The molecule has 14 heavy (non-hydrogen) atoms. The van der Waals surface area contributed by atoms with E-state index in [1.165, 1.54) is 6.42 Å². The number of rotatable bonds is 6. The van der Waals surface area contributed by atoms with E-state index in [0.29, 0.717) is 6.61 Å². The molecule has 0 bridgehead atoms. The maximum absolute atomic E-state index is 11.4. The molecule has 80 valence electrons. The van der Waals surface area contributed by atoms with E-state index >= 15 is 0 Å². The van der Waals surface area contributed by atoms with Crippen molar-refractivity contribution >= 4 is 0 Å². The van der Waals surface area contributed by atoms with Crippen molar-refractivity contribution < 1.29 is 4.74 Å². The van der Waals surface area contributed by atoms with Crippen LogP contribution in [-0.4, -0.2) is 17.3 Å². The van der Waals surface area contributed by atoms with Gasteiger partial charge in [0.2, 0.25) is 0 Å². The van der Waals surface area contributed by atoms with Gasteiger partial charge in [0.1, 0.15) is 0 Å². The molecule has 0 aliphatic rings. The van der Waals surface area contributed by atoms with Crippen molar-refractivity contribution in [1.29, 1.82) is 0 Å². The predicted octanol–water partition coefficient (Wildman–Crippen LogP) is 1.58. The van der Waals surface area contributed by atoms with Crippen molar-refractivity contribution in [3.05, 3.63) is 21.6 Å². The van der Waals surface area contributed by atoms with Gasteiger partial charge in [-0.2, -0.15) is 0 Å². The summed E-state index contributed by atoms with van der Waals surface area (Å²) in [7, 11) is 1.63. The zero-order valence-corrected chi connectivity index (χ0v) is 8.85. The molecule has 0 radical (unpaired) electrons. The standard InChI is InChI=1S/C10H18N2O2/c1-3-4-5-6-8-9(7-14-2)11-12-10(8)13/h3-7H2,1-2H3,(H2,11,12,13). The third-order valence-electron chi connectivity index (χ3n) is 2.28. The summed E-state index contributed by atoms with van der Waals surface area (Å²) in [5.74, 6) is 0. The zero-order chi connectivity index (χ0) is 10.4. The monoisotopic (exact) mass is 198 g/mol. The number of hydrogen-bond donors (Lipinski definition) is 2. The normalized spacial score (nSPS) is 10.7. The molecule has 0 unspecified atom stereocenters. The van der Waals surface area contributed by atoms with Gasteiger partial charge in [-0.15, -0.1) is 0 Å². The maximum Gasteiger partial charge on any atom is 0.267 e. The Morgan fingerprint density at radius 2 is 2.07 bits per heavy atom. The lowest BCUT2D eigenvalue weighted by atomic mass is 10.1. The second-order valence-electron chi connectivity index (χ2n) is 3.43. The highest BCUT2D eigenvalue weighted by Gasteiger charge is 2.08. The molecule has 4 nitrogen and oxygen atoms in total. The Hall–Kier alpha value is -1.03. The molecule has 1 rings (SSSR count). The lowest BCUT2D eigenvalue weighted by molar-refractivity contribution is 0.180. The third kappa shape index (κ3) is 2.73. The van der Waals surface area contributed by atoms with Crippen molar-refractivity contribution in [2.24, 2.45) is 0 Å². The van der Waals surface area contributed by atoms with Crippen molar-refractivity contribution in [3.8, 4) is 0 Å². The number of aromatic nitrogens is 2. The summed E-state index contributed by atoms with van der Waals surface area (Å²) in [6, 6.07) is 0. The van der Waals surface area contributed by atoms with Gasteiger partial charge in [0, 0.05) is 12.7 Å². The quantitative estimate of drug-likeness (QED) is 0.682. The molecule has 0 aliphatic carbocycles. The van der Waals surface area contributed by atoms with Crippen LogP contribution in [0.2, 0.25) is 0 Å². The Labute approximate surface area is 83.7 Å². The van der Waals surface area contributed by atoms with Crippen LogP contribution >= 0.6 is 0 Å². The highest BCUT2D eigenvalue weighted by molar-refractivity contribution is 5.15. The number of aromatic amines is 2. The average molecular weight is 198 g/mol. The lowest BCUT2D eigenvalue weighted by Crippen LogP contribution is -2.07. The predicted molar refractivity (Wildman–Crippen MR) is 55.4 cm³/mol. The summed E-state index contributed by atoms with van der Waals surface area (Å²) in [5.41, 5.74) is 1.72. The Balaban J connectivity index is 2.62. The number of unbranched alkanes of at least 4 members (excludes halogenated alkanes) is 2. The summed E-state index contributed by atoms with van der Waals surface area (Å²) < 4.78 is 5.00. The second-order valence-corrected chi connectivity index (χ2v) is 3.43. The summed E-state index contributed by atoms with van der Waals surface area (Å²) in [5, 5.41) is 5.43. The van der Waals surface area contributed by atoms with Crippen molar-refractivity contribution in [2.45, 2.75) is 39.2 Å². The van der Waals surface area contributed by atoms with Gasteiger partial charge < -0.3 is 4.74 Å². The number of ether oxygens (including phenoxy) is 1. The van der Waals surface area contributed by atoms with E-state index in [1.807, 2.05) is 0 Å². The van der Waals surface area contributed by atoms with E-state index in [9.17, 15) is 4.79 Å². The number of H-pyrrole nitrogens is 2. The minimum atomic E-state index is -0.00634. The number of nitrogens with one attached hydrogen (secondary N) is 2. The Bertz CT molecular complexity index is 314. The van der Waals surface area contributed by atoms with E-state index in [1.54, 1.807) is 7.11 Å². The summed E-state index contributed by atoms with van der Waals surface area (Å²) in [4.78, 5) is 11.4. The van der Waals surface area contributed by atoms with Crippen LogP contribution in [0, 0.1) is 0 Å². The minimum Gasteiger partial charge on any atom is -0.378 e. The van der Waals surface area contributed by atoms with Crippen LogP contribution in [0.5, 0.6) is 0 Å². The van der Waals surface area contributed by atoms with Crippen LogP contribution in [-0.2, 0) is 17.8 Å². The first kappa shape index (κ1) is 11.0. The van der Waals surface area contributed by atoms with Crippen molar-refractivity contribution in [2.75, 3.05) is 7.11 Å². The molecule has 1 aromatic heterocycles. The van der Waals surface area contributed by atoms with Crippen LogP contribution in [0.15, 0.2) is 4.79 Å². The first-order chi connectivity index (χ1) is 6.79. The molecule has 0 aromatic carbocycles. The van der Waals surface area contributed by atoms with Crippen LogP contribution in [0.1, 0.15) is 37.4 Å². The van der Waals surface area contributed by atoms with Crippen LogP contribution in [0.4, 0.5) is 0 Å². The highest BCUT2D eigenvalue weighted by Crippen LogP contribution is 2.06. The first-order valence-electron chi connectivity index (χ1n) is 5.07. The van der Waals surface area contributed by atoms with Gasteiger partial charge in [0.15, 0.2) is 0 Å². The van der Waals surface area contributed by atoms with Gasteiger partial charge in [0.25, 0.3) is 5.56 Å². The molecule has 2 N–H and O–H groups in total. The Kier molecular flexibility index (Phi) is 4.46. The lowest BCUT2D eigenvalue weighted by Gasteiger charge is -2.00. The fourth-order valence-corrected chi connectivity index (χ4v) is 1.50. The maximum atomic E-state index is 11.4. The molecular formula is C10H18N2O2. The van der Waals surface area contributed by atoms with Crippen LogP contribution in [0.25, 0.3) is 0 Å². The van der Waals surface area contributed by atoms with Crippen LogP contribution in [0.3, 0.4) is 0 Å². The molecule has 0 saturated carbocycles. The molecule has 4 heteroatoms.